The molecule has 1 aliphatic heterocycles. The predicted octanol–water partition coefficient (Wildman–Crippen LogP) is 3.19. The van der Waals surface area contributed by atoms with Crippen molar-refractivity contribution in [1.29, 1.82) is 0 Å². The lowest BCUT2D eigenvalue weighted by atomic mass is 9.87. The number of benzene rings is 1. The molecule has 1 aromatic carbocycles. The third-order valence-electron chi connectivity index (χ3n) is 4.39. The molecule has 1 heterocycles. The van der Waals surface area contributed by atoms with Gasteiger partial charge in [0.1, 0.15) is 11.6 Å². The Morgan fingerprint density at radius 2 is 2.00 bits per heavy atom. The summed E-state index contributed by atoms with van der Waals surface area (Å²) < 4.78 is 32.7. The van der Waals surface area contributed by atoms with Crippen molar-refractivity contribution in [3.05, 3.63) is 35.4 Å². The van der Waals surface area contributed by atoms with E-state index in [1.807, 2.05) is 0 Å². The van der Waals surface area contributed by atoms with Crippen molar-refractivity contribution in [2.24, 2.45) is 5.41 Å². The van der Waals surface area contributed by atoms with Gasteiger partial charge in [0.2, 0.25) is 0 Å². The summed E-state index contributed by atoms with van der Waals surface area (Å²) in [4.78, 5) is 0. The molecule has 1 saturated carbocycles. The lowest BCUT2D eigenvalue weighted by Crippen LogP contribution is -2.32. The number of hydrogen-bond donors (Lipinski definition) is 1. The maximum absolute atomic E-state index is 13.8. The molecule has 3 rings (SSSR count). The average molecular weight is 267 g/mol. The van der Waals surface area contributed by atoms with Gasteiger partial charge in [-0.15, -0.1) is 0 Å². The number of rotatable bonds is 1. The van der Waals surface area contributed by atoms with E-state index in [1.54, 1.807) is 0 Å². The minimum absolute atomic E-state index is 0.227. The van der Waals surface area contributed by atoms with Gasteiger partial charge in [-0.2, -0.15) is 0 Å². The van der Waals surface area contributed by atoms with Gasteiger partial charge in [0.25, 0.3) is 0 Å². The van der Waals surface area contributed by atoms with Crippen molar-refractivity contribution in [1.82, 2.24) is 5.32 Å². The van der Waals surface area contributed by atoms with Crippen LogP contribution in [-0.4, -0.2) is 19.7 Å². The number of halogens is 2. The molecule has 2 fully saturated rings. The summed E-state index contributed by atoms with van der Waals surface area (Å²) in [5.74, 6) is -1.07. The van der Waals surface area contributed by atoms with Gasteiger partial charge >= 0.3 is 0 Å². The van der Waals surface area contributed by atoms with Crippen molar-refractivity contribution in [3.8, 4) is 0 Å². The van der Waals surface area contributed by atoms with Gasteiger partial charge in [-0.05, 0) is 18.9 Å². The number of ether oxygens (including phenoxy) is 1. The van der Waals surface area contributed by atoms with E-state index in [1.165, 1.54) is 37.8 Å². The van der Waals surface area contributed by atoms with Crippen molar-refractivity contribution in [2.75, 3.05) is 19.7 Å². The highest BCUT2D eigenvalue weighted by atomic mass is 19.1. The third-order valence-corrected chi connectivity index (χ3v) is 4.39. The SMILES string of the molecule is Fc1ccc(C2CNCC3(CCCC3)CO2)c(F)c1. The highest BCUT2D eigenvalue weighted by Crippen LogP contribution is 2.40. The lowest BCUT2D eigenvalue weighted by molar-refractivity contribution is 0.0141. The Kier molecular flexibility index (Phi) is 3.54. The van der Waals surface area contributed by atoms with Gasteiger partial charge in [-0.3, -0.25) is 0 Å². The molecule has 2 aliphatic rings. The highest BCUT2D eigenvalue weighted by molar-refractivity contribution is 5.21. The third kappa shape index (κ3) is 2.65. The second-order valence-electron chi connectivity index (χ2n) is 5.80. The minimum atomic E-state index is -0.546. The Morgan fingerprint density at radius 1 is 1.21 bits per heavy atom. The molecule has 104 valence electrons. The van der Waals surface area contributed by atoms with Crippen LogP contribution in [0.5, 0.6) is 0 Å². The summed E-state index contributed by atoms with van der Waals surface area (Å²) in [7, 11) is 0. The average Bonchev–Trinajstić information content (AvgIpc) is 2.73. The molecule has 0 bridgehead atoms. The van der Waals surface area contributed by atoms with Gasteiger partial charge in [0.05, 0.1) is 12.7 Å². The maximum atomic E-state index is 13.8. The molecular formula is C15H19F2NO. The van der Waals surface area contributed by atoms with Crippen LogP contribution in [0.4, 0.5) is 8.78 Å². The van der Waals surface area contributed by atoms with Crippen LogP contribution in [0, 0.1) is 17.0 Å². The Bertz CT molecular complexity index is 457. The van der Waals surface area contributed by atoms with E-state index < -0.39 is 11.6 Å². The molecule has 1 unspecified atom stereocenters. The predicted molar refractivity (Wildman–Crippen MR) is 68.8 cm³/mol. The molecule has 1 aliphatic carbocycles. The zero-order valence-corrected chi connectivity index (χ0v) is 10.9. The monoisotopic (exact) mass is 267 g/mol. The molecule has 4 heteroatoms. The fourth-order valence-corrected chi connectivity index (χ4v) is 3.26. The van der Waals surface area contributed by atoms with E-state index in [0.29, 0.717) is 18.7 Å². The number of hydrogen-bond acceptors (Lipinski definition) is 2. The van der Waals surface area contributed by atoms with Gasteiger partial charge < -0.3 is 10.1 Å². The van der Waals surface area contributed by atoms with Gasteiger partial charge in [-0.1, -0.05) is 18.9 Å². The summed E-state index contributed by atoms with van der Waals surface area (Å²) >= 11 is 0. The second-order valence-corrected chi connectivity index (χ2v) is 5.80. The van der Waals surface area contributed by atoms with Crippen LogP contribution >= 0.6 is 0 Å². The molecular weight excluding hydrogens is 248 g/mol. The Labute approximate surface area is 112 Å². The smallest absolute Gasteiger partial charge is 0.131 e. The molecule has 2 nitrogen and oxygen atoms in total. The van der Waals surface area contributed by atoms with Crippen LogP contribution in [0.25, 0.3) is 0 Å². The topological polar surface area (TPSA) is 21.3 Å². The van der Waals surface area contributed by atoms with E-state index in [9.17, 15) is 8.78 Å². The van der Waals surface area contributed by atoms with Crippen LogP contribution in [-0.2, 0) is 4.74 Å². The molecule has 1 aromatic rings. The lowest BCUT2D eigenvalue weighted by Gasteiger charge is -2.26. The zero-order valence-electron chi connectivity index (χ0n) is 10.9. The minimum Gasteiger partial charge on any atom is -0.371 e. The maximum Gasteiger partial charge on any atom is 0.131 e. The summed E-state index contributed by atoms with van der Waals surface area (Å²) in [5, 5.41) is 3.39. The van der Waals surface area contributed by atoms with E-state index in [0.717, 1.165) is 12.6 Å². The van der Waals surface area contributed by atoms with Crippen molar-refractivity contribution < 1.29 is 13.5 Å². The molecule has 0 amide bonds. The largest absolute Gasteiger partial charge is 0.371 e. The highest BCUT2D eigenvalue weighted by Gasteiger charge is 2.37. The summed E-state index contributed by atoms with van der Waals surface area (Å²) in [5.41, 5.74) is 0.676. The Hall–Kier alpha value is -1.00. The molecule has 0 aromatic heterocycles. The molecule has 1 atom stereocenters. The molecule has 0 radical (unpaired) electrons. The van der Waals surface area contributed by atoms with E-state index >= 15 is 0 Å². The van der Waals surface area contributed by atoms with Crippen molar-refractivity contribution >= 4 is 0 Å². The standard InChI is InChI=1S/C15H19F2NO/c16-11-3-4-12(13(17)7-11)14-8-18-9-15(10-19-14)5-1-2-6-15/h3-4,7,14,18H,1-2,5-6,8-10H2. The summed E-state index contributed by atoms with van der Waals surface area (Å²) in [6.45, 7) is 2.19. The summed E-state index contributed by atoms with van der Waals surface area (Å²) in [6.07, 6.45) is 4.54. The first-order valence-electron chi connectivity index (χ1n) is 6.96. The molecule has 1 N–H and O–H groups in total. The van der Waals surface area contributed by atoms with Crippen LogP contribution in [0.15, 0.2) is 18.2 Å². The normalized spacial score (nSPS) is 26.5. The van der Waals surface area contributed by atoms with E-state index in [4.69, 9.17) is 4.74 Å². The van der Waals surface area contributed by atoms with E-state index in [2.05, 4.69) is 5.32 Å². The van der Waals surface area contributed by atoms with Gasteiger partial charge in [0, 0.05) is 30.1 Å². The van der Waals surface area contributed by atoms with Crippen LogP contribution in [0.3, 0.4) is 0 Å². The van der Waals surface area contributed by atoms with Crippen LogP contribution in [0.1, 0.15) is 37.4 Å². The summed E-state index contributed by atoms with van der Waals surface area (Å²) in [6, 6.07) is 3.70. The van der Waals surface area contributed by atoms with Crippen molar-refractivity contribution in [2.45, 2.75) is 31.8 Å². The first-order valence-corrected chi connectivity index (χ1v) is 6.96. The Morgan fingerprint density at radius 3 is 2.74 bits per heavy atom. The number of nitrogens with one attached hydrogen (secondary N) is 1. The fourth-order valence-electron chi connectivity index (χ4n) is 3.26. The molecule has 1 saturated heterocycles. The quantitative estimate of drug-likeness (QED) is 0.843. The van der Waals surface area contributed by atoms with Gasteiger partial charge in [0.15, 0.2) is 0 Å². The zero-order chi connectivity index (χ0) is 13.3. The second kappa shape index (κ2) is 5.17. The first-order chi connectivity index (χ1) is 9.19. The Balaban J connectivity index is 1.75. The van der Waals surface area contributed by atoms with Crippen LogP contribution < -0.4 is 5.32 Å². The van der Waals surface area contributed by atoms with Crippen molar-refractivity contribution in [3.63, 3.8) is 0 Å². The van der Waals surface area contributed by atoms with E-state index in [-0.39, 0.29) is 11.5 Å². The molecule has 19 heavy (non-hydrogen) atoms. The molecule has 1 spiro atoms. The van der Waals surface area contributed by atoms with Gasteiger partial charge in [-0.25, -0.2) is 8.78 Å². The first kappa shape index (κ1) is 13.0. The van der Waals surface area contributed by atoms with Crippen LogP contribution in [0.2, 0.25) is 0 Å². The fraction of sp³-hybridized carbons (Fsp3) is 0.600.